The lowest BCUT2D eigenvalue weighted by molar-refractivity contribution is -0.116. The highest BCUT2D eigenvalue weighted by atomic mass is 16.5. The van der Waals surface area contributed by atoms with Gasteiger partial charge >= 0.3 is 0 Å². The molecule has 0 bridgehead atoms. The number of carbonyl (C=O) groups excluding carboxylic acids is 1. The van der Waals surface area contributed by atoms with Crippen molar-refractivity contribution in [2.24, 2.45) is 0 Å². The molecule has 1 amide bonds. The van der Waals surface area contributed by atoms with Gasteiger partial charge in [0.15, 0.2) is 0 Å². The smallest absolute Gasteiger partial charge is 0.225 e. The lowest BCUT2D eigenvalue weighted by Gasteiger charge is -2.18. The molecule has 0 radical (unpaired) electrons. The van der Waals surface area contributed by atoms with Crippen LogP contribution in [0.2, 0.25) is 0 Å². The van der Waals surface area contributed by atoms with Crippen molar-refractivity contribution in [3.05, 3.63) is 18.2 Å². The van der Waals surface area contributed by atoms with Crippen molar-refractivity contribution < 1.29 is 14.6 Å². The van der Waals surface area contributed by atoms with Gasteiger partial charge in [0.25, 0.3) is 0 Å². The Labute approximate surface area is 119 Å². The van der Waals surface area contributed by atoms with E-state index in [-0.39, 0.29) is 5.91 Å². The Morgan fingerprint density at radius 2 is 2.25 bits per heavy atom. The number of nitrogens with zero attached hydrogens (tertiary/aromatic N) is 1. The zero-order valence-corrected chi connectivity index (χ0v) is 12.2. The molecule has 1 rings (SSSR count). The molecule has 0 heterocycles. The van der Waals surface area contributed by atoms with Crippen molar-refractivity contribution in [3.63, 3.8) is 0 Å². The fraction of sp³-hybridized carbons (Fsp3) is 0.500. The molecule has 0 saturated carbocycles. The number of anilines is 2. The maximum atomic E-state index is 11.9. The van der Waals surface area contributed by atoms with Crippen LogP contribution in [-0.2, 0) is 4.79 Å². The molecule has 0 aliphatic carbocycles. The number of nitrogens with two attached hydrogens (primary N) is 1. The minimum atomic E-state index is -0.403. The van der Waals surface area contributed by atoms with Gasteiger partial charge in [-0.15, -0.1) is 0 Å². The van der Waals surface area contributed by atoms with Gasteiger partial charge in [-0.05, 0) is 26.1 Å². The molecule has 1 atom stereocenters. The van der Waals surface area contributed by atoms with Crippen molar-refractivity contribution in [1.82, 2.24) is 4.90 Å². The third kappa shape index (κ3) is 5.46. The molecule has 1 aromatic carbocycles. The number of amides is 1. The first-order valence-electron chi connectivity index (χ1n) is 6.52. The number of aliphatic hydroxyl groups is 1. The van der Waals surface area contributed by atoms with Gasteiger partial charge in [-0.3, -0.25) is 4.79 Å². The third-order valence-corrected chi connectivity index (χ3v) is 2.80. The van der Waals surface area contributed by atoms with E-state index in [4.69, 9.17) is 10.5 Å². The molecule has 20 heavy (non-hydrogen) atoms. The van der Waals surface area contributed by atoms with Crippen LogP contribution in [0, 0.1) is 0 Å². The number of nitrogens with one attached hydrogen (secondary N) is 1. The quantitative estimate of drug-likeness (QED) is 0.647. The molecule has 0 aliphatic heterocycles. The molecule has 4 N–H and O–H groups in total. The van der Waals surface area contributed by atoms with E-state index in [1.165, 1.54) is 7.11 Å². The molecule has 0 fully saturated rings. The van der Waals surface area contributed by atoms with Crippen LogP contribution in [0.3, 0.4) is 0 Å². The molecule has 6 heteroatoms. The standard InChI is InChI=1S/C14H23N3O3/c1-10(18)9-17(2)7-6-14(19)16-12-5-4-11(15)8-13(12)20-3/h4-5,8,10,18H,6-7,9,15H2,1-3H3,(H,16,19). The Morgan fingerprint density at radius 3 is 2.85 bits per heavy atom. The summed E-state index contributed by atoms with van der Waals surface area (Å²) >= 11 is 0. The summed E-state index contributed by atoms with van der Waals surface area (Å²) in [5.41, 5.74) is 6.84. The van der Waals surface area contributed by atoms with Crippen molar-refractivity contribution in [1.29, 1.82) is 0 Å². The minimum absolute atomic E-state index is 0.106. The number of methoxy groups -OCH3 is 1. The largest absolute Gasteiger partial charge is 0.494 e. The summed E-state index contributed by atoms with van der Waals surface area (Å²) in [4.78, 5) is 13.8. The number of nitrogen functional groups attached to an aromatic ring is 1. The van der Waals surface area contributed by atoms with Crippen LogP contribution in [-0.4, -0.2) is 49.3 Å². The molecule has 0 saturated heterocycles. The molecule has 0 aliphatic rings. The van der Waals surface area contributed by atoms with Crippen molar-refractivity contribution in [2.75, 3.05) is 38.3 Å². The zero-order chi connectivity index (χ0) is 15.1. The van der Waals surface area contributed by atoms with Crippen LogP contribution < -0.4 is 15.8 Å². The molecule has 112 valence electrons. The van der Waals surface area contributed by atoms with Crippen LogP contribution in [0.25, 0.3) is 0 Å². The van der Waals surface area contributed by atoms with E-state index in [0.29, 0.717) is 36.6 Å². The number of carbonyl (C=O) groups is 1. The number of rotatable bonds is 7. The predicted molar refractivity (Wildman–Crippen MR) is 79.8 cm³/mol. The van der Waals surface area contributed by atoms with Crippen LogP contribution >= 0.6 is 0 Å². The number of hydrogen-bond acceptors (Lipinski definition) is 5. The highest BCUT2D eigenvalue weighted by Gasteiger charge is 2.10. The van der Waals surface area contributed by atoms with E-state index in [1.54, 1.807) is 25.1 Å². The van der Waals surface area contributed by atoms with E-state index in [2.05, 4.69) is 5.32 Å². The van der Waals surface area contributed by atoms with E-state index in [9.17, 15) is 9.90 Å². The van der Waals surface area contributed by atoms with Gasteiger partial charge in [0.2, 0.25) is 5.91 Å². The maximum Gasteiger partial charge on any atom is 0.225 e. The normalized spacial score (nSPS) is 12.2. The fourth-order valence-corrected chi connectivity index (χ4v) is 1.86. The first kappa shape index (κ1) is 16.3. The first-order chi connectivity index (χ1) is 9.42. The number of aliphatic hydroxyl groups excluding tert-OH is 1. The first-order valence-corrected chi connectivity index (χ1v) is 6.52. The lowest BCUT2D eigenvalue weighted by Crippen LogP contribution is -2.30. The molecular formula is C14H23N3O3. The van der Waals surface area contributed by atoms with Gasteiger partial charge in [0.1, 0.15) is 5.75 Å². The van der Waals surface area contributed by atoms with Crippen LogP contribution in [0.1, 0.15) is 13.3 Å². The second-order valence-electron chi connectivity index (χ2n) is 4.87. The summed E-state index contributed by atoms with van der Waals surface area (Å²) in [7, 11) is 3.39. The molecular weight excluding hydrogens is 258 g/mol. The summed E-state index contributed by atoms with van der Waals surface area (Å²) in [6.07, 6.45) is -0.0585. The molecule has 6 nitrogen and oxygen atoms in total. The summed E-state index contributed by atoms with van der Waals surface area (Å²) in [5, 5.41) is 12.0. The Bertz CT molecular complexity index is 449. The highest BCUT2D eigenvalue weighted by Crippen LogP contribution is 2.26. The van der Waals surface area contributed by atoms with Crippen LogP contribution in [0.15, 0.2) is 18.2 Å². The number of likely N-dealkylation sites (N-methyl/N-ethyl adjacent to an activating group) is 1. The second-order valence-corrected chi connectivity index (χ2v) is 4.87. The van der Waals surface area contributed by atoms with Gasteiger partial charge in [0, 0.05) is 31.3 Å². The van der Waals surface area contributed by atoms with Crippen molar-refractivity contribution >= 4 is 17.3 Å². The SMILES string of the molecule is COc1cc(N)ccc1NC(=O)CCN(C)CC(C)O. The second kappa shape index (κ2) is 7.72. The predicted octanol–water partition coefficient (Wildman–Crippen LogP) is 0.919. The number of hydrogen-bond donors (Lipinski definition) is 3. The summed E-state index contributed by atoms with van der Waals surface area (Å²) in [5.74, 6) is 0.432. The van der Waals surface area contributed by atoms with Gasteiger partial charge in [-0.2, -0.15) is 0 Å². The number of benzene rings is 1. The highest BCUT2D eigenvalue weighted by molar-refractivity contribution is 5.92. The minimum Gasteiger partial charge on any atom is -0.494 e. The number of ether oxygens (including phenoxy) is 1. The fourth-order valence-electron chi connectivity index (χ4n) is 1.86. The van der Waals surface area contributed by atoms with Crippen LogP contribution in [0.4, 0.5) is 11.4 Å². The Kier molecular flexibility index (Phi) is 6.27. The Hall–Kier alpha value is -1.79. The Balaban J connectivity index is 2.50. The van der Waals surface area contributed by atoms with E-state index in [0.717, 1.165) is 0 Å². The molecule has 0 spiro atoms. The third-order valence-electron chi connectivity index (χ3n) is 2.80. The molecule has 0 aromatic heterocycles. The summed E-state index contributed by atoms with van der Waals surface area (Å²) < 4.78 is 5.17. The topological polar surface area (TPSA) is 87.8 Å². The molecule has 1 aromatic rings. The van der Waals surface area contributed by atoms with Crippen LogP contribution in [0.5, 0.6) is 5.75 Å². The average molecular weight is 281 g/mol. The Morgan fingerprint density at radius 1 is 1.55 bits per heavy atom. The van der Waals surface area contributed by atoms with Crippen molar-refractivity contribution in [3.8, 4) is 5.75 Å². The average Bonchev–Trinajstić information content (AvgIpc) is 2.37. The summed E-state index contributed by atoms with van der Waals surface area (Å²) in [6, 6.07) is 5.08. The van der Waals surface area contributed by atoms with E-state index >= 15 is 0 Å². The summed E-state index contributed by atoms with van der Waals surface area (Å²) in [6.45, 7) is 2.84. The van der Waals surface area contributed by atoms with Gasteiger partial charge in [0.05, 0.1) is 18.9 Å². The van der Waals surface area contributed by atoms with E-state index in [1.807, 2.05) is 11.9 Å². The lowest BCUT2D eigenvalue weighted by atomic mass is 10.2. The monoisotopic (exact) mass is 281 g/mol. The molecule has 1 unspecified atom stereocenters. The van der Waals surface area contributed by atoms with Crippen molar-refractivity contribution in [2.45, 2.75) is 19.4 Å². The maximum absolute atomic E-state index is 11.9. The van der Waals surface area contributed by atoms with Gasteiger partial charge < -0.3 is 25.8 Å². The van der Waals surface area contributed by atoms with Gasteiger partial charge in [-0.25, -0.2) is 0 Å². The van der Waals surface area contributed by atoms with E-state index < -0.39 is 6.10 Å². The zero-order valence-electron chi connectivity index (χ0n) is 12.2. The van der Waals surface area contributed by atoms with Gasteiger partial charge in [-0.1, -0.05) is 0 Å².